The number of nitrogen functional groups attached to an aromatic ring is 1. The van der Waals surface area contributed by atoms with Crippen molar-refractivity contribution in [3.8, 4) is 5.75 Å². The monoisotopic (exact) mass is 554 g/mol. The topological polar surface area (TPSA) is 173 Å². The fourth-order valence-electron chi connectivity index (χ4n) is 3.84. The van der Waals surface area contributed by atoms with Gasteiger partial charge in [0, 0.05) is 6.42 Å². The van der Waals surface area contributed by atoms with E-state index in [0.717, 1.165) is 0 Å². The van der Waals surface area contributed by atoms with Gasteiger partial charge in [-0.15, -0.1) is 0 Å². The predicted octanol–water partition coefficient (Wildman–Crippen LogP) is 2.85. The van der Waals surface area contributed by atoms with Crippen molar-refractivity contribution < 1.29 is 33.0 Å². The Morgan fingerprint density at radius 2 is 2.08 bits per heavy atom. The van der Waals surface area contributed by atoms with Crippen LogP contribution in [0, 0.1) is 0 Å². The number of aliphatic hydroxyl groups excluding tert-OH is 1. The van der Waals surface area contributed by atoms with E-state index in [1.54, 1.807) is 41.8 Å². The molecule has 4 rings (SSSR count). The second kappa shape index (κ2) is 10.9. The van der Waals surface area contributed by atoms with Crippen LogP contribution in [0.15, 0.2) is 36.7 Å². The second-order valence-electron chi connectivity index (χ2n) is 8.75. The molecule has 0 aliphatic carbocycles. The van der Waals surface area contributed by atoms with Crippen LogP contribution in [-0.2, 0) is 23.4 Å². The quantitative estimate of drug-likeness (QED) is 0.190. The third-order valence-electron chi connectivity index (χ3n) is 5.54. The number of carbonyl (C=O) groups is 1. The summed E-state index contributed by atoms with van der Waals surface area (Å²) in [6.45, 7) is 4.35. The average Bonchev–Trinajstić information content (AvgIpc) is 3.43. The van der Waals surface area contributed by atoms with Crippen LogP contribution in [0.25, 0.3) is 11.2 Å². The number of aromatic nitrogens is 4. The zero-order valence-electron chi connectivity index (χ0n) is 20.4. The molecule has 0 bridgehead atoms. The minimum atomic E-state index is -4.24. The number of nitrogens with one attached hydrogen (secondary N) is 1. The number of rotatable bonds is 10. The van der Waals surface area contributed by atoms with E-state index in [4.69, 9.17) is 35.9 Å². The van der Waals surface area contributed by atoms with Crippen molar-refractivity contribution in [2.75, 3.05) is 18.9 Å². The van der Waals surface area contributed by atoms with Gasteiger partial charge in [0.2, 0.25) is 5.28 Å². The summed E-state index contributed by atoms with van der Waals surface area (Å²) in [7, 11) is -4.24. The Hall–Kier alpha value is -2.80. The Balaban J connectivity index is 1.62. The number of esters is 1. The first-order valence-electron chi connectivity index (χ1n) is 11.5. The van der Waals surface area contributed by atoms with Crippen molar-refractivity contribution in [2.45, 2.75) is 51.2 Å². The van der Waals surface area contributed by atoms with Crippen molar-refractivity contribution >= 4 is 42.3 Å². The molecule has 2 unspecified atom stereocenters. The number of aliphatic hydroxyl groups is 1. The molecule has 1 aliphatic rings. The molecule has 0 spiro atoms. The molecule has 4 atom stereocenters. The Morgan fingerprint density at radius 3 is 2.76 bits per heavy atom. The molecule has 37 heavy (non-hydrogen) atoms. The summed E-state index contributed by atoms with van der Waals surface area (Å²) in [5.41, 5.74) is 5.12. The van der Waals surface area contributed by atoms with E-state index >= 15 is 0 Å². The van der Waals surface area contributed by atoms with E-state index < -0.39 is 44.3 Å². The van der Waals surface area contributed by atoms with E-state index in [1.165, 1.54) is 20.2 Å². The van der Waals surface area contributed by atoms with E-state index in [2.05, 4.69) is 20.0 Å². The Kier molecular flexibility index (Phi) is 8.02. The van der Waals surface area contributed by atoms with Crippen LogP contribution in [0.3, 0.4) is 0 Å². The van der Waals surface area contributed by atoms with Gasteiger partial charge in [0.05, 0.1) is 19.5 Å². The van der Waals surface area contributed by atoms with Gasteiger partial charge < -0.3 is 24.8 Å². The summed E-state index contributed by atoms with van der Waals surface area (Å²) in [5.74, 6) is -0.297. The van der Waals surface area contributed by atoms with Gasteiger partial charge in [-0.2, -0.15) is 15.1 Å². The minimum absolute atomic E-state index is 0.0672. The molecular weight excluding hydrogens is 527 g/mol. The third-order valence-corrected chi connectivity index (χ3v) is 7.54. The van der Waals surface area contributed by atoms with Gasteiger partial charge in [-0.3, -0.25) is 13.9 Å². The van der Waals surface area contributed by atoms with Gasteiger partial charge in [-0.05, 0) is 44.5 Å². The smallest absolute Gasteiger partial charge is 0.460 e. The first-order chi connectivity index (χ1) is 17.5. The van der Waals surface area contributed by atoms with E-state index in [-0.39, 0.29) is 29.9 Å². The van der Waals surface area contributed by atoms with Crippen LogP contribution in [0.4, 0.5) is 5.82 Å². The van der Waals surface area contributed by atoms with Crippen LogP contribution in [0.5, 0.6) is 5.75 Å². The highest BCUT2D eigenvalue weighted by molar-refractivity contribution is 7.52. The average molecular weight is 555 g/mol. The Labute approximate surface area is 217 Å². The molecule has 0 saturated carbocycles. The molecule has 0 radical (unpaired) electrons. The largest absolute Gasteiger partial charge is 0.465 e. The first-order valence-corrected chi connectivity index (χ1v) is 13.4. The lowest BCUT2D eigenvalue weighted by Crippen LogP contribution is -2.47. The van der Waals surface area contributed by atoms with Crippen molar-refractivity contribution in [3.63, 3.8) is 0 Å². The molecule has 15 heteroatoms. The van der Waals surface area contributed by atoms with Crippen LogP contribution in [0.1, 0.15) is 33.4 Å². The third kappa shape index (κ3) is 6.03. The number of carbonyl (C=O) groups excluding carboxylic acids is 1. The standard InChI is InChI=1S/C22H28ClN6O7P/c1-4-33-20(31)22(2,3)28-37(32,35-13-8-6-5-7-9-13)36-14-10-16(34-15(14)11-30)29-12-25-17-18(24)26-21(23)27-19(17)29/h5-9,12,14-16,30H,4,10-11H2,1-3H3,(H,28,32)(H2,24,26,27)/t14-,15?,16-,37?/m1/s1. The summed E-state index contributed by atoms with van der Waals surface area (Å²) < 4.78 is 38.4. The number of imidazole rings is 1. The SMILES string of the molecule is CCOC(=O)C(C)(C)NP(=O)(Oc1ccccc1)O[C@@H]1C[C@H](n2cnc3c(N)nc(Cl)nc32)OC1CO. The maximum Gasteiger partial charge on any atom is 0.460 e. The number of ether oxygens (including phenoxy) is 2. The molecule has 200 valence electrons. The number of hydrogen-bond acceptors (Lipinski definition) is 11. The van der Waals surface area contributed by atoms with E-state index in [1.807, 2.05) is 0 Å². The van der Waals surface area contributed by atoms with Crippen molar-refractivity contribution in [2.24, 2.45) is 0 Å². The first kappa shape index (κ1) is 27.2. The summed E-state index contributed by atoms with van der Waals surface area (Å²) in [6.07, 6.45) is -0.947. The number of halogens is 1. The van der Waals surface area contributed by atoms with Crippen LogP contribution >= 0.6 is 19.3 Å². The molecule has 1 fully saturated rings. The van der Waals surface area contributed by atoms with Gasteiger partial charge in [0.15, 0.2) is 11.5 Å². The van der Waals surface area contributed by atoms with Gasteiger partial charge >= 0.3 is 13.7 Å². The molecule has 1 aromatic carbocycles. The number of para-hydroxylation sites is 1. The number of anilines is 1. The molecule has 3 heterocycles. The van der Waals surface area contributed by atoms with Crippen molar-refractivity contribution in [1.29, 1.82) is 0 Å². The van der Waals surface area contributed by atoms with Gasteiger partial charge in [0.25, 0.3) is 0 Å². The summed E-state index contributed by atoms with van der Waals surface area (Å²) >= 11 is 5.97. The number of fused-ring (bicyclic) bond motifs is 1. The van der Waals surface area contributed by atoms with E-state index in [0.29, 0.717) is 11.2 Å². The Morgan fingerprint density at radius 1 is 1.35 bits per heavy atom. The molecule has 1 aliphatic heterocycles. The normalized spacial score (nSPS) is 21.6. The molecule has 3 aromatic rings. The number of hydrogen-bond donors (Lipinski definition) is 3. The lowest BCUT2D eigenvalue weighted by Gasteiger charge is -2.31. The fourth-order valence-corrected chi connectivity index (χ4v) is 5.90. The molecule has 13 nitrogen and oxygen atoms in total. The van der Waals surface area contributed by atoms with E-state index in [9.17, 15) is 14.5 Å². The van der Waals surface area contributed by atoms with Gasteiger partial charge in [-0.1, -0.05) is 18.2 Å². The lowest BCUT2D eigenvalue weighted by atomic mass is 10.1. The highest BCUT2D eigenvalue weighted by atomic mass is 35.5. The van der Waals surface area contributed by atoms with Crippen molar-refractivity contribution in [1.82, 2.24) is 24.6 Å². The predicted molar refractivity (Wildman–Crippen MR) is 134 cm³/mol. The van der Waals surface area contributed by atoms with Crippen LogP contribution in [-0.4, -0.2) is 61.6 Å². The maximum absolute atomic E-state index is 14.0. The highest BCUT2D eigenvalue weighted by Gasteiger charge is 2.46. The Bertz CT molecular complexity index is 1310. The minimum Gasteiger partial charge on any atom is -0.465 e. The van der Waals surface area contributed by atoms with Gasteiger partial charge in [0.1, 0.15) is 35.2 Å². The zero-order valence-corrected chi connectivity index (χ0v) is 22.1. The van der Waals surface area contributed by atoms with Gasteiger partial charge in [-0.25, -0.2) is 9.55 Å². The fraction of sp³-hybridized carbons (Fsp3) is 0.455. The van der Waals surface area contributed by atoms with Crippen molar-refractivity contribution in [3.05, 3.63) is 41.9 Å². The highest BCUT2D eigenvalue weighted by Crippen LogP contribution is 2.50. The molecule has 2 aromatic heterocycles. The number of nitrogens with two attached hydrogens (primary N) is 1. The van der Waals surface area contributed by atoms with Crippen LogP contribution < -0.4 is 15.3 Å². The summed E-state index contributed by atoms with van der Waals surface area (Å²) in [4.78, 5) is 24.8. The maximum atomic E-state index is 14.0. The number of nitrogens with zero attached hydrogens (tertiary/aromatic N) is 4. The summed E-state index contributed by atoms with van der Waals surface area (Å²) in [5, 5.41) is 12.6. The van der Waals surface area contributed by atoms with Crippen LogP contribution in [0.2, 0.25) is 5.28 Å². The number of benzene rings is 1. The second-order valence-corrected chi connectivity index (χ2v) is 10.7. The molecule has 1 saturated heterocycles. The molecule has 0 amide bonds. The lowest BCUT2D eigenvalue weighted by molar-refractivity contribution is -0.149. The summed E-state index contributed by atoms with van der Waals surface area (Å²) in [6, 6.07) is 8.36. The molecule has 4 N–H and O–H groups in total. The molecular formula is C22H28ClN6O7P. The zero-order chi connectivity index (χ0) is 26.8.